The fraction of sp³-hybridized carbons (Fsp3) is 0.273. The van der Waals surface area contributed by atoms with E-state index >= 15 is 0 Å². The molecule has 0 N–H and O–H groups in total. The van der Waals surface area contributed by atoms with Gasteiger partial charge in [0.15, 0.2) is 12.5 Å². The van der Waals surface area contributed by atoms with Crippen molar-refractivity contribution in [2.75, 3.05) is 26.2 Å². The first kappa shape index (κ1) is 25.0. The molecule has 2 atom stereocenters. The van der Waals surface area contributed by atoms with Crippen LogP contribution in [0.3, 0.4) is 0 Å². The van der Waals surface area contributed by atoms with Crippen LogP contribution in [0, 0.1) is 0 Å². The van der Waals surface area contributed by atoms with Crippen molar-refractivity contribution in [1.82, 2.24) is 9.80 Å². The third-order valence-corrected chi connectivity index (χ3v) is 3.41. The van der Waals surface area contributed by atoms with Crippen molar-refractivity contribution in [2.24, 2.45) is 0 Å². The lowest BCUT2D eigenvalue weighted by atomic mass is 10.3. The maximum absolute atomic E-state index is 12.0. The summed E-state index contributed by atoms with van der Waals surface area (Å²) >= 11 is 0. The Labute approximate surface area is 168 Å². The molecule has 0 bridgehead atoms. The lowest BCUT2D eigenvalue weighted by molar-refractivity contribution is -0.150. The fourth-order valence-corrected chi connectivity index (χ4v) is 2.22. The summed E-state index contributed by atoms with van der Waals surface area (Å²) in [5, 5.41) is 0. The average molecular weight is 386 g/mol. The van der Waals surface area contributed by atoms with Gasteiger partial charge < -0.3 is 9.47 Å². The Bertz CT molecular complexity index is 538. The smallest absolute Gasteiger partial charge is 0.332 e. The summed E-state index contributed by atoms with van der Waals surface area (Å²) < 4.78 is 10.6. The van der Waals surface area contributed by atoms with Crippen molar-refractivity contribution in [3.8, 4) is 0 Å². The monoisotopic (exact) mass is 386 g/mol. The lowest BCUT2D eigenvalue weighted by Gasteiger charge is -2.26. The van der Waals surface area contributed by atoms with Gasteiger partial charge in [-0.05, 0) is 12.2 Å². The summed E-state index contributed by atoms with van der Waals surface area (Å²) in [6.45, 7) is 23.9. The van der Waals surface area contributed by atoms with Crippen LogP contribution in [0.25, 0.3) is 0 Å². The highest BCUT2D eigenvalue weighted by Crippen LogP contribution is 2.06. The number of esters is 2. The molecule has 28 heavy (non-hydrogen) atoms. The van der Waals surface area contributed by atoms with E-state index in [1.807, 2.05) is 0 Å². The van der Waals surface area contributed by atoms with Crippen molar-refractivity contribution < 1.29 is 19.1 Å². The van der Waals surface area contributed by atoms with E-state index in [9.17, 15) is 9.59 Å². The maximum Gasteiger partial charge on any atom is 0.332 e. The Hall–Kier alpha value is -2.96. The van der Waals surface area contributed by atoms with Gasteiger partial charge in [-0.1, -0.05) is 37.5 Å². The molecule has 0 saturated heterocycles. The summed E-state index contributed by atoms with van der Waals surface area (Å²) in [4.78, 5) is 27.6. The van der Waals surface area contributed by atoms with Crippen LogP contribution >= 0.6 is 0 Å². The Morgan fingerprint density at radius 2 is 0.929 bits per heavy atom. The SMILES string of the molecule is C=CCN(CC=C)C(C=C)OC(=O)/C=C\C(=O)OC(C=C)N(CC=C)CC=C. The number of hydrogen-bond acceptors (Lipinski definition) is 6. The van der Waals surface area contributed by atoms with Crippen LogP contribution in [0.2, 0.25) is 0 Å². The highest BCUT2D eigenvalue weighted by Gasteiger charge is 2.18. The average Bonchev–Trinajstić information content (AvgIpc) is 2.68. The van der Waals surface area contributed by atoms with Crippen molar-refractivity contribution in [3.05, 3.63) is 88.1 Å². The van der Waals surface area contributed by atoms with E-state index < -0.39 is 24.4 Å². The molecule has 0 aromatic carbocycles. The minimum absolute atomic E-state index is 0.477. The number of nitrogens with zero attached hydrogens (tertiary/aromatic N) is 2. The Balaban J connectivity index is 4.90. The molecular formula is C22H30N2O4. The minimum Gasteiger partial charge on any atom is -0.439 e. The molecule has 6 nitrogen and oxygen atoms in total. The Morgan fingerprint density at radius 1 is 0.643 bits per heavy atom. The summed E-state index contributed by atoms with van der Waals surface area (Å²) in [6, 6.07) is 0. The second kappa shape index (κ2) is 15.1. The summed E-state index contributed by atoms with van der Waals surface area (Å²) in [5.74, 6) is -1.41. The molecule has 0 aliphatic rings. The summed E-state index contributed by atoms with van der Waals surface area (Å²) in [5.41, 5.74) is 0. The molecule has 6 heteroatoms. The molecule has 0 radical (unpaired) electrons. The number of rotatable bonds is 16. The first-order valence-corrected chi connectivity index (χ1v) is 8.73. The predicted molar refractivity (Wildman–Crippen MR) is 113 cm³/mol. The first-order valence-electron chi connectivity index (χ1n) is 8.73. The molecule has 0 aromatic rings. The van der Waals surface area contributed by atoms with Gasteiger partial charge in [-0.25, -0.2) is 9.59 Å². The normalized spacial score (nSPS) is 12.8. The molecule has 0 heterocycles. The van der Waals surface area contributed by atoms with Gasteiger partial charge in [0, 0.05) is 38.3 Å². The van der Waals surface area contributed by atoms with Crippen molar-refractivity contribution in [1.29, 1.82) is 0 Å². The number of carbonyl (C=O) groups is 2. The van der Waals surface area contributed by atoms with Crippen molar-refractivity contribution >= 4 is 11.9 Å². The molecule has 0 aromatic heterocycles. The number of hydrogen-bond donors (Lipinski definition) is 0. The number of carbonyl (C=O) groups excluding carboxylic acids is 2. The zero-order valence-corrected chi connectivity index (χ0v) is 16.4. The van der Waals surface area contributed by atoms with Gasteiger partial charge in [0.1, 0.15) is 0 Å². The molecule has 152 valence electrons. The Kier molecular flexibility index (Phi) is 13.5. The third kappa shape index (κ3) is 9.66. The minimum atomic E-state index is -0.704. The van der Waals surface area contributed by atoms with Gasteiger partial charge in [0.05, 0.1) is 0 Å². The number of ether oxygens (including phenoxy) is 2. The van der Waals surface area contributed by atoms with E-state index in [1.165, 1.54) is 12.2 Å². The van der Waals surface area contributed by atoms with Gasteiger partial charge in [-0.3, -0.25) is 9.80 Å². The maximum atomic E-state index is 12.0. The predicted octanol–water partition coefficient (Wildman–Crippen LogP) is 3.00. The summed E-state index contributed by atoms with van der Waals surface area (Å²) in [7, 11) is 0. The van der Waals surface area contributed by atoms with E-state index in [1.54, 1.807) is 34.1 Å². The van der Waals surface area contributed by atoms with Crippen molar-refractivity contribution in [3.63, 3.8) is 0 Å². The largest absolute Gasteiger partial charge is 0.439 e. The van der Waals surface area contributed by atoms with E-state index in [4.69, 9.17) is 9.47 Å². The van der Waals surface area contributed by atoms with Crippen LogP contribution in [0.1, 0.15) is 0 Å². The van der Waals surface area contributed by atoms with E-state index in [2.05, 4.69) is 39.5 Å². The summed E-state index contributed by atoms with van der Waals surface area (Å²) in [6.07, 6.45) is 10.3. The standard InChI is InChI=1S/C22H30N2O4/c1-7-15-23(16-8-2)19(11-5)27-21(25)13-14-22(26)28-20(12-6)24(17-9-3)18-10-4/h7-14,19-20H,1-6,15-18H2/b14-13-. The van der Waals surface area contributed by atoms with Gasteiger partial charge in [0.2, 0.25) is 0 Å². The van der Waals surface area contributed by atoms with Crippen LogP contribution in [0.15, 0.2) is 88.1 Å². The second-order valence-electron chi connectivity index (χ2n) is 5.52. The quantitative estimate of drug-likeness (QED) is 0.176. The molecule has 2 unspecified atom stereocenters. The molecule has 0 rings (SSSR count). The molecular weight excluding hydrogens is 356 g/mol. The van der Waals surface area contributed by atoms with Crippen LogP contribution in [0.5, 0.6) is 0 Å². The topological polar surface area (TPSA) is 59.1 Å². The van der Waals surface area contributed by atoms with E-state index in [0.717, 1.165) is 12.2 Å². The van der Waals surface area contributed by atoms with E-state index in [-0.39, 0.29) is 0 Å². The van der Waals surface area contributed by atoms with E-state index in [0.29, 0.717) is 26.2 Å². The molecule has 0 aliphatic carbocycles. The van der Waals surface area contributed by atoms with Gasteiger partial charge in [-0.2, -0.15) is 0 Å². The van der Waals surface area contributed by atoms with Gasteiger partial charge in [-0.15, -0.1) is 26.3 Å². The third-order valence-electron chi connectivity index (χ3n) is 3.41. The van der Waals surface area contributed by atoms with Gasteiger partial charge in [0.25, 0.3) is 0 Å². The molecule has 0 saturated carbocycles. The molecule has 0 fully saturated rings. The van der Waals surface area contributed by atoms with Crippen LogP contribution in [0.4, 0.5) is 0 Å². The fourth-order valence-electron chi connectivity index (χ4n) is 2.22. The van der Waals surface area contributed by atoms with Crippen LogP contribution in [-0.2, 0) is 19.1 Å². The highest BCUT2D eigenvalue weighted by atomic mass is 16.6. The van der Waals surface area contributed by atoms with Crippen molar-refractivity contribution in [2.45, 2.75) is 12.5 Å². The zero-order chi connectivity index (χ0) is 21.4. The van der Waals surface area contributed by atoms with Crippen LogP contribution in [-0.4, -0.2) is 60.4 Å². The van der Waals surface area contributed by atoms with Gasteiger partial charge >= 0.3 is 11.9 Å². The highest BCUT2D eigenvalue weighted by molar-refractivity contribution is 5.91. The lowest BCUT2D eigenvalue weighted by Crippen LogP contribution is -2.37. The molecule has 0 aliphatic heterocycles. The molecule has 0 amide bonds. The second-order valence-corrected chi connectivity index (χ2v) is 5.52. The zero-order valence-electron chi connectivity index (χ0n) is 16.4. The first-order chi connectivity index (χ1) is 13.5. The van der Waals surface area contributed by atoms with Crippen LogP contribution < -0.4 is 0 Å². The Morgan fingerprint density at radius 3 is 1.14 bits per heavy atom. The molecule has 0 spiro atoms.